The predicted molar refractivity (Wildman–Crippen MR) is 96.2 cm³/mol. The molecular formula is C21H16FNO. The van der Waals surface area contributed by atoms with Gasteiger partial charge in [-0.05, 0) is 35.4 Å². The van der Waals surface area contributed by atoms with Gasteiger partial charge in [-0.15, -0.1) is 0 Å². The van der Waals surface area contributed by atoms with Crippen molar-refractivity contribution in [2.75, 3.05) is 5.32 Å². The molecule has 3 heteroatoms. The third-order valence-electron chi connectivity index (χ3n) is 3.55. The average Bonchev–Trinajstić information content (AvgIpc) is 2.62. The highest BCUT2D eigenvalue weighted by atomic mass is 19.1. The van der Waals surface area contributed by atoms with Gasteiger partial charge in [-0.1, -0.05) is 66.7 Å². The van der Waals surface area contributed by atoms with E-state index in [0.29, 0.717) is 5.69 Å². The molecule has 3 rings (SSSR count). The Kier molecular flexibility index (Phi) is 4.82. The first-order valence-electron chi connectivity index (χ1n) is 7.61. The summed E-state index contributed by atoms with van der Waals surface area (Å²) in [6.45, 7) is 0. The molecule has 0 atom stereocenters. The molecule has 0 aliphatic carbocycles. The van der Waals surface area contributed by atoms with Crippen LogP contribution in [0.15, 0.2) is 78.9 Å². The minimum Gasteiger partial charge on any atom is -0.322 e. The molecule has 0 aromatic heterocycles. The van der Waals surface area contributed by atoms with Crippen molar-refractivity contribution in [3.05, 3.63) is 101 Å². The highest BCUT2D eigenvalue weighted by Crippen LogP contribution is 2.15. The maximum absolute atomic E-state index is 13.6. The van der Waals surface area contributed by atoms with E-state index in [1.54, 1.807) is 24.3 Å². The molecule has 3 aromatic carbocycles. The summed E-state index contributed by atoms with van der Waals surface area (Å²) in [7, 11) is 0. The van der Waals surface area contributed by atoms with Gasteiger partial charge in [0.15, 0.2) is 0 Å². The number of hydrogen-bond acceptors (Lipinski definition) is 1. The van der Waals surface area contributed by atoms with Gasteiger partial charge in [0.05, 0.1) is 5.56 Å². The Bertz CT molecular complexity index is 855. The van der Waals surface area contributed by atoms with Gasteiger partial charge in [0.25, 0.3) is 5.91 Å². The molecule has 0 unspecified atom stereocenters. The van der Waals surface area contributed by atoms with Crippen LogP contribution in [0.1, 0.15) is 21.5 Å². The second-order valence-corrected chi connectivity index (χ2v) is 5.30. The number of rotatable bonds is 4. The number of carbonyl (C=O) groups is 1. The summed E-state index contributed by atoms with van der Waals surface area (Å²) in [5, 5.41) is 2.70. The van der Waals surface area contributed by atoms with E-state index < -0.39 is 11.7 Å². The fraction of sp³-hybridized carbons (Fsp3) is 0. The van der Waals surface area contributed by atoms with Crippen LogP contribution >= 0.6 is 0 Å². The van der Waals surface area contributed by atoms with Gasteiger partial charge in [0.1, 0.15) is 5.82 Å². The van der Waals surface area contributed by atoms with Crippen molar-refractivity contribution >= 4 is 23.7 Å². The summed E-state index contributed by atoms with van der Waals surface area (Å²) in [5.41, 5.74) is 2.79. The third kappa shape index (κ3) is 3.96. The zero-order chi connectivity index (χ0) is 16.8. The summed E-state index contributed by atoms with van der Waals surface area (Å²) in [4.78, 5) is 12.1. The Morgan fingerprint density at radius 2 is 1.33 bits per heavy atom. The Balaban J connectivity index is 1.68. The van der Waals surface area contributed by atoms with Crippen LogP contribution in [0.3, 0.4) is 0 Å². The number of carbonyl (C=O) groups excluding carboxylic acids is 1. The molecular weight excluding hydrogens is 301 g/mol. The highest BCUT2D eigenvalue weighted by molar-refractivity contribution is 6.04. The topological polar surface area (TPSA) is 29.1 Å². The number of halogens is 1. The SMILES string of the molecule is O=C(Nc1ccc(C=Cc2ccccc2)cc1)c1ccccc1F. The number of benzene rings is 3. The summed E-state index contributed by atoms with van der Waals surface area (Å²) in [5.74, 6) is -0.988. The molecule has 3 aromatic rings. The van der Waals surface area contributed by atoms with E-state index in [4.69, 9.17) is 0 Å². The summed E-state index contributed by atoms with van der Waals surface area (Å²) >= 11 is 0. The first-order valence-corrected chi connectivity index (χ1v) is 7.61. The molecule has 1 amide bonds. The van der Waals surface area contributed by atoms with Crippen molar-refractivity contribution in [3.8, 4) is 0 Å². The number of nitrogens with one attached hydrogen (secondary N) is 1. The molecule has 24 heavy (non-hydrogen) atoms. The van der Waals surface area contributed by atoms with E-state index in [1.165, 1.54) is 12.1 Å². The molecule has 0 spiro atoms. The molecule has 1 N–H and O–H groups in total. The maximum Gasteiger partial charge on any atom is 0.258 e. The average molecular weight is 317 g/mol. The van der Waals surface area contributed by atoms with Gasteiger partial charge in [0, 0.05) is 5.69 Å². The monoisotopic (exact) mass is 317 g/mol. The molecule has 0 bridgehead atoms. The number of hydrogen-bond donors (Lipinski definition) is 1. The normalized spacial score (nSPS) is 10.7. The Morgan fingerprint density at radius 1 is 0.750 bits per heavy atom. The molecule has 0 heterocycles. The van der Waals surface area contributed by atoms with E-state index in [-0.39, 0.29) is 5.56 Å². The Labute approximate surface area is 140 Å². The second-order valence-electron chi connectivity index (χ2n) is 5.30. The fourth-order valence-electron chi connectivity index (χ4n) is 2.28. The molecule has 0 saturated heterocycles. The van der Waals surface area contributed by atoms with Crippen LogP contribution in [0, 0.1) is 5.82 Å². The van der Waals surface area contributed by atoms with Crippen molar-refractivity contribution in [2.45, 2.75) is 0 Å². The van der Waals surface area contributed by atoms with Crippen LogP contribution in [0.25, 0.3) is 12.2 Å². The standard InChI is InChI=1S/C21H16FNO/c22-20-9-5-4-8-19(20)21(24)23-18-14-12-17(13-15-18)11-10-16-6-2-1-3-7-16/h1-15H,(H,23,24). The number of anilines is 1. The van der Waals surface area contributed by atoms with Gasteiger partial charge in [-0.25, -0.2) is 4.39 Å². The number of amides is 1. The van der Waals surface area contributed by atoms with Crippen LogP contribution in [0.4, 0.5) is 10.1 Å². The van der Waals surface area contributed by atoms with Crippen molar-refractivity contribution < 1.29 is 9.18 Å². The lowest BCUT2D eigenvalue weighted by molar-refractivity contribution is 0.102. The minimum absolute atomic E-state index is 0.0329. The quantitative estimate of drug-likeness (QED) is 0.654. The summed E-state index contributed by atoms with van der Waals surface area (Å²) in [6, 6.07) is 23.3. The zero-order valence-electron chi connectivity index (χ0n) is 12.9. The lowest BCUT2D eigenvalue weighted by Crippen LogP contribution is -2.13. The van der Waals surface area contributed by atoms with Crippen LogP contribution in [-0.4, -0.2) is 5.91 Å². The predicted octanol–water partition coefficient (Wildman–Crippen LogP) is 5.25. The van der Waals surface area contributed by atoms with E-state index in [2.05, 4.69) is 5.32 Å². The highest BCUT2D eigenvalue weighted by Gasteiger charge is 2.10. The van der Waals surface area contributed by atoms with E-state index in [1.807, 2.05) is 54.6 Å². The molecule has 118 valence electrons. The first-order chi connectivity index (χ1) is 11.7. The van der Waals surface area contributed by atoms with Gasteiger partial charge in [0.2, 0.25) is 0 Å². The molecule has 0 aliphatic heterocycles. The summed E-state index contributed by atoms with van der Waals surface area (Å²) < 4.78 is 13.6. The summed E-state index contributed by atoms with van der Waals surface area (Å²) in [6.07, 6.45) is 4.02. The van der Waals surface area contributed by atoms with Gasteiger partial charge in [-0.2, -0.15) is 0 Å². The minimum atomic E-state index is -0.530. The van der Waals surface area contributed by atoms with Crippen LogP contribution in [0.5, 0.6) is 0 Å². The Hall–Kier alpha value is -3.20. The molecule has 0 radical (unpaired) electrons. The van der Waals surface area contributed by atoms with Crippen molar-refractivity contribution in [3.63, 3.8) is 0 Å². The van der Waals surface area contributed by atoms with Crippen LogP contribution < -0.4 is 5.32 Å². The van der Waals surface area contributed by atoms with E-state index >= 15 is 0 Å². The van der Waals surface area contributed by atoms with Gasteiger partial charge in [-0.3, -0.25) is 4.79 Å². The fourth-order valence-corrected chi connectivity index (χ4v) is 2.28. The van der Waals surface area contributed by atoms with Gasteiger partial charge >= 0.3 is 0 Å². The molecule has 0 saturated carbocycles. The van der Waals surface area contributed by atoms with Crippen molar-refractivity contribution in [1.82, 2.24) is 0 Å². The first kappa shape index (κ1) is 15.7. The van der Waals surface area contributed by atoms with Gasteiger partial charge < -0.3 is 5.32 Å². The zero-order valence-corrected chi connectivity index (χ0v) is 12.9. The van der Waals surface area contributed by atoms with E-state index in [9.17, 15) is 9.18 Å². The third-order valence-corrected chi connectivity index (χ3v) is 3.55. The Morgan fingerprint density at radius 3 is 2.00 bits per heavy atom. The van der Waals surface area contributed by atoms with E-state index in [0.717, 1.165) is 11.1 Å². The van der Waals surface area contributed by atoms with Crippen LogP contribution in [0.2, 0.25) is 0 Å². The molecule has 0 aliphatic rings. The smallest absolute Gasteiger partial charge is 0.258 e. The lowest BCUT2D eigenvalue weighted by atomic mass is 10.1. The van der Waals surface area contributed by atoms with Crippen LogP contribution in [-0.2, 0) is 0 Å². The molecule has 2 nitrogen and oxygen atoms in total. The lowest BCUT2D eigenvalue weighted by Gasteiger charge is -2.06. The second kappa shape index (κ2) is 7.38. The largest absolute Gasteiger partial charge is 0.322 e. The van der Waals surface area contributed by atoms with Crippen molar-refractivity contribution in [2.24, 2.45) is 0 Å². The maximum atomic E-state index is 13.6. The molecule has 0 fully saturated rings. The van der Waals surface area contributed by atoms with Crippen molar-refractivity contribution in [1.29, 1.82) is 0 Å².